The molecular weight excluding hydrogens is 606 g/mol. The van der Waals surface area contributed by atoms with Crippen LogP contribution in [0.25, 0.3) is 17.2 Å². The highest BCUT2D eigenvalue weighted by molar-refractivity contribution is 8.26. The summed E-state index contributed by atoms with van der Waals surface area (Å²) < 4.78 is 58.1. The van der Waals surface area contributed by atoms with Gasteiger partial charge in [0.25, 0.3) is 5.91 Å². The molecular formula is C26H25F4N3O5S3. The van der Waals surface area contributed by atoms with Crippen molar-refractivity contribution in [3.8, 4) is 11.1 Å². The average molecular weight is 632 g/mol. The average Bonchev–Trinajstić information content (AvgIpc) is 3.42. The van der Waals surface area contributed by atoms with Gasteiger partial charge in [-0.1, -0.05) is 30.0 Å². The summed E-state index contributed by atoms with van der Waals surface area (Å²) in [5.41, 5.74) is -1.47. The van der Waals surface area contributed by atoms with Crippen molar-refractivity contribution in [3.05, 3.63) is 50.8 Å². The van der Waals surface area contributed by atoms with E-state index >= 15 is 0 Å². The molecule has 0 bridgehead atoms. The molecule has 41 heavy (non-hydrogen) atoms. The van der Waals surface area contributed by atoms with Crippen LogP contribution in [0.3, 0.4) is 0 Å². The summed E-state index contributed by atoms with van der Waals surface area (Å²) in [7, 11) is 0. The SMILES string of the molecule is CC(C)(C)OC(=O)CNC(=O)CNC(=O)CCN1C(=O)C(=Cc2cc(-c3ccc(F)c(C(F)(F)F)c3)cs2)SC1=S. The van der Waals surface area contributed by atoms with Crippen LogP contribution in [0.4, 0.5) is 17.6 Å². The molecule has 3 rings (SSSR count). The Kier molecular flexibility index (Phi) is 10.3. The van der Waals surface area contributed by atoms with Crippen molar-refractivity contribution in [1.82, 2.24) is 15.5 Å². The summed E-state index contributed by atoms with van der Waals surface area (Å²) >= 11 is 7.45. The topological polar surface area (TPSA) is 105 Å². The van der Waals surface area contributed by atoms with E-state index in [-0.39, 0.29) is 40.8 Å². The maximum atomic E-state index is 13.6. The number of hydrogen-bond acceptors (Lipinski definition) is 8. The van der Waals surface area contributed by atoms with Gasteiger partial charge in [0.05, 0.1) is 17.0 Å². The van der Waals surface area contributed by atoms with Gasteiger partial charge in [-0.25, -0.2) is 4.39 Å². The molecule has 1 saturated heterocycles. The highest BCUT2D eigenvalue weighted by Crippen LogP contribution is 2.37. The normalized spacial score (nSPS) is 14.9. The number of rotatable bonds is 9. The van der Waals surface area contributed by atoms with Crippen LogP contribution in [0.2, 0.25) is 0 Å². The standard InChI is InChI=1S/C26H25F4N3O5S3/c1-25(2,3)38-22(36)12-32-21(35)11-31-20(34)6-7-33-23(37)19(41-24(33)39)10-16-8-15(13-40-16)14-4-5-18(27)17(9-14)26(28,29)30/h4-5,8-10,13H,6-7,11-12H2,1-3H3,(H,31,34)(H,32,35). The van der Waals surface area contributed by atoms with Gasteiger partial charge in [0.15, 0.2) is 0 Å². The molecule has 0 unspecified atom stereocenters. The molecule has 1 aliphatic rings. The number of ether oxygens (including phenoxy) is 1. The number of esters is 1. The Morgan fingerprint density at radius 1 is 1.05 bits per heavy atom. The van der Waals surface area contributed by atoms with E-state index in [0.717, 1.165) is 23.9 Å². The van der Waals surface area contributed by atoms with E-state index in [1.807, 2.05) is 0 Å². The first-order valence-electron chi connectivity index (χ1n) is 12.0. The highest BCUT2D eigenvalue weighted by Gasteiger charge is 2.35. The number of benzene rings is 1. The van der Waals surface area contributed by atoms with Crippen molar-refractivity contribution < 1.29 is 41.5 Å². The van der Waals surface area contributed by atoms with Crippen LogP contribution in [0.5, 0.6) is 0 Å². The minimum Gasteiger partial charge on any atom is -0.459 e. The molecule has 1 aromatic heterocycles. The number of carbonyl (C=O) groups excluding carboxylic acids is 4. The molecule has 0 radical (unpaired) electrons. The fourth-order valence-electron chi connectivity index (χ4n) is 3.42. The van der Waals surface area contributed by atoms with Crippen molar-refractivity contribution in [2.75, 3.05) is 19.6 Å². The van der Waals surface area contributed by atoms with E-state index in [4.69, 9.17) is 17.0 Å². The number of halogens is 4. The molecule has 1 aliphatic heterocycles. The molecule has 2 heterocycles. The molecule has 220 valence electrons. The fourth-order valence-corrected chi connectivity index (χ4v) is 5.64. The first-order chi connectivity index (χ1) is 19.0. The van der Waals surface area contributed by atoms with E-state index in [1.54, 1.807) is 32.2 Å². The summed E-state index contributed by atoms with van der Waals surface area (Å²) in [6.45, 7) is 4.30. The zero-order valence-electron chi connectivity index (χ0n) is 22.0. The van der Waals surface area contributed by atoms with Crippen molar-refractivity contribution >= 4 is 69.4 Å². The Morgan fingerprint density at radius 2 is 1.73 bits per heavy atom. The van der Waals surface area contributed by atoms with Gasteiger partial charge in [-0.3, -0.25) is 24.1 Å². The maximum absolute atomic E-state index is 13.6. The van der Waals surface area contributed by atoms with Gasteiger partial charge in [0, 0.05) is 17.8 Å². The van der Waals surface area contributed by atoms with Crippen molar-refractivity contribution in [2.24, 2.45) is 0 Å². The van der Waals surface area contributed by atoms with Gasteiger partial charge in [-0.05, 0) is 61.6 Å². The van der Waals surface area contributed by atoms with Crippen LogP contribution in [0.15, 0.2) is 34.6 Å². The smallest absolute Gasteiger partial charge is 0.419 e. The maximum Gasteiger partial charge on any atom is 0.419 e. The van der Waals surface area contributed by atoms with Gasteiger partial charge in [-0.2, -0.15) is 13.2 Å². The van der Waals surface area contributed by atoms with Gasteiger partial charge < -0.3 is 15.4 Å². The van der Waals surface area contributed by atoms with Crippen LogP contribution in [0.1, 0.15) is 37.6 Å². The minimum absolute atomic E-state index is 0.0428. The molecule has 1 fully saturated rings. The van der Waals surface area contributed by atoms with Crippen LogP contribution in [0, 0.1) is 5.82 Å². The molecule has 2 aromatic rings. The van der Waals surface area contributed by atoms with E-state index in [0.29, 0.717) is 10.4 Å². The third-order valence-electron chi connectivity index (χ3n) is 5.23. The fraction of sp³-hybridized carbons (Fsp3) is 0.346. The van der Waals surface area contributed by atoms with Gasteiger partial charge in [0.1, 0.15) is 22.3 Å². The summed E-state index contributed by atoms with van der Waals surface area (Å²) in [6, 6.07) is 4.31. The van der Waals surface area contributed by atoms with Gasteiger partial charge in [0.2, 0.25) is 11.8 Å². The van der Waals surface area contributed by atoms with E-state index < -0.39 is 46.8 Å². The summed E-state index contributed by atoms with van der Waals surface area (Å²) in [4.78, 5) is 50.6. The third kappa shape index (κ3) is 9.36. The van der Waals surface area contributed by atoms with E-state index in [9.17, 15) is 36.7 Å². The largest absolute Gasteiger partial charge is 0.459 e. The Labute approximate surface area is 246 Å². The van der Waals surface area contributed by atoms with E-state index in [1.165, 1.54) is 28.4 Å². The predicted octanol–water partition coefficient (Wildman–Crippen LogP) is 4.74. The number of thiocarbonyl (C=S) groups is 1. The number of thiophene rings is 1. The Morgan fingerprint density at radius 3 is 2.39 bits per heavy atom. The summed E-state index contributed by atoms with van der Waals surface area (Å²) in [5, 5.41) is 6.32. The number of amides is 3. The Bertz CT molecular complexity index is 1400. The highest BCUT2D eigenvalue weighted by atomic mass is 32.2. The van der Waals surface area contributed by atoms with Crippen molar-refractivity contribution in [2.45, 2.75) is 39.0 Å². The lowest BCUT2D eigenvalue weighted by molar-refractivity contribution is -0.154. The monoisotopic (exact) mass is 631 g/mol. The zero-order valence-corrected chi connectivity index (χ0v) is 24.5. The van der Waals surface area contributed by atoms with Crippen molar-refractivity contribution in [3.63, 3.8) is 0 Å². The van der Waals surface area contributed by atoms with Crippen molar-refractivity contribution in [1.29, 1.82) is 0 Å². The molecule has 2 N–H and O–H groups in total. The molecule has 1 aromatic carbocycles. The van der Waals surface area contributed by atoms with Gasteiger partial charge >= 0.3 is 12.1 Å². The summed E-state index contributed by atoms with van der Waals surface area (Å²) in [6.07, 6.45) is -3.44. The molecule has 3 amide bonds. The lowest BCUT2D eigenvalue weighted by atomic mass is 10.0. The lowest BCUT2D eigenvalue weighted by Gasteiger charge is -2.19. The van der Waals surface area contributed by atoms with E-state index in [2.05, 4.69) is 10.6 Å². The minimum atomic E-state index is -4.84. The number of carbonyl (C=O) groups is 4. The first-order valence-corrected chi connectivity index (χ1v) is 14.1. The van der Waals surface area contributed by atoms with Crippen LogP contribution in [-0.2, 0) is 30.1 Å². The Balaban J connectivity index is 1.52. The predicted molar refractivity (Wildman–Crippen MR) is 151 cm³/mol. The quantitative estimate of drug-likeness (QED) is 0.178. The second-order valence-corrected chi connectivity index (χ2v) is 12.3. The first kappa shape index (κ1) is 32.2. The third-order valence-corrected chi connectivity index (χ3v) is 7.49. The zero-order chi connectivity index (χ0) is 30.5. The van der Waals surface area contributed by atoms with Gasteiger partial charge in [-0.15, -0.1) is 11.3 Å². The Hall–Kier alpha value is -3.30. The van der Waals surface area contributed by atoms with Crippen LogP contribution >= 0.6 is 35.3 Å². The number of nitrogens with zero attached hydrogens (tertiary/aromatic N) is 1. The number of alkyl halides is 3. The number of thioether (sulfide) groups is 1. The molecule has 0 atom stereocenters. The number of nitrogens with one attached hydrogen (secondary N) is 2. The molecule has 15 heteroatoms. The second-order valence-electron chi connectivity index (χ2n) is 9.65. The molecule has 8 nitrogen and oxygen atoms in total. The van der Waals surface area contributed by atoms with Crippen LogP contribution < -0.4 is 10.6 Å². The summed E-state index contributed by atoms with van der Waals surface area (Å²) in [5.74, 6) is -3.54. The number of hydrogen-bond donors (Lipinski definition) is 2. The second kappa shape index (κ2) is 13.1. The molecule has 0 saturated carbocycles. The lowest BCUT2D eigenvalue weighted by Crippen LogP contribution is -2.41. The molecule has 0 spiro atoms. The molecule has 0 aliphatic carbocycles. The van der Waals surface area contributed by atoms with Crippen LogP contribution in [-0.4, -0.2) is 58.1 Å².